The van der Waals surface area contributed by atoms with E-state index in [1.165, 1.54) is 0 Å². The molecule has 13 heavy (non-hydrogen) atoms. The molecule has 1 rings (SSSR count). The smallest absolute Gasteiger partial charge is 0.178 e. The highest BCUT2D eigenvalue weighted by atomic mass is 35.5. The van der Waals surface area contributed by atoms with E-state index in [4.69, 9.17) is 11.6 Å². The summed E-state index contributed by atoms with van der Waals surface area (Å²) >= 11 is 6.78. The molecule has 0 spiro atoms. The lowest BCUT2D eigenvalue weighted by Gasteiger charge is -1.94. The number of thioether (sulfide) groups is 1. The Morgan fingerprint density at radius 2 is 2.00 bits per heavy atom. The summed E-state index contributed by atoms with van der Waals surface area (Å²) in [5.74, 6) is -0.778. The molecule has 0 radical (unpaired) electrons. The zero-order valence-electron chi connectivity index (χ0n) is 6.54. The molecule has 0 aliphatic heterocycles. The Labute approximate surface area is 84.6 Å². The Kier molecular flexibility index (Phi) is 3.99. The lowest BCUT2D eigenvalue weighted by atomic mass is 10.4. The van der Waals surface area contributed by atoms with Crippen molar-refractivity contribution in [3.63, 3.8) is 0 Å². The average Bonchev–Trinajstić information content (AvgIpc) is 2.16. The molecule has 0 unspecified atom stereocenters. The number of carbonyl (C=O) groups excluding carboxylic acids is 1. The van der Waals surface area contributed by atoms with Gasteiger partial charge < -0.3 is 0 Å². The van der Waals surface area contributed by atoms with Gasteiger partial charge >= 0.3 is 0 Å². The second-order valence-corrected chi connectivity index (χ2v) is 3.57. The van der Waals surface area contributed by atoms with Crippen LogP contribution in [0, 0.1) is 0 Å². The number of halogens is 2. The monoisotopic (exact) mass is 216 g/mol. The van der Waals surface area contributed by atoms with Crippen molar-refractivity contribution in [2.75, 3.05) is 0 Å². The van der Waals surface area contributed by atoms with E-state index in [2.05, 4.69) is 0 Å². The molecule has 4 heteroatoms. The second-order valence-electron chi connectivity index (χ2n) is 2.19. The first-order valence-electron chi connectivity index (χ1n) is 3.45. The van der Waals surface area contributed by atoms with Crippen LogP contribution < -0.4 is 0 Å². The first-order chi connectivity index (χ1) is 6.22. The van der Waals surface area contributed by atoms with Crippen molar-refractivity contribution in [3.8, 4) is 0 Å². The molecule has 0 fully saturated rings. The molecule has 0 N–H and O–H groups in total. The molecule has 0 aliphatic rings. The fraction of sp³-hybridized carbons (Fsp3) is 0. The maximum atomic E-state index is 12.3. The Hall–Kier alpha value is -0.800. The van der Waals surface area contributed by atoms with E-state index in [0.29, 0.717) is 5.02 Å². The predicted molar refractivity (Wildman–Crippen MR) is 52.6 cm³/mol. The summed E-state index contributed by atoms with van der Waals surface area (Å²) in [6.45, 7) is 0. The van der Waals surface area contributed by atoms with Crippen LogP contribution in [0.3, 0.4) is 0 Å². The molecule has 68 valence electrons. The minimum Gasteiger partial charge on any atom is -0.295 e. The molecule has 0 amide bonds. The minimum atomic E-state index is -0.778. The SMILES string of the molecule is O=C/C(F)=C/Sc1ccc(Cl)cc1. The summed E-state index contributed by atoms with van der Waals surface area (Å²) in [5, 5.41) is 1.78. The van der Waals surface area contributed by atoms with Crippen LogP contribution in [0.25, 0.3) is 0 Å². The number of allylic oxidation sites excluding steroid dienone is 1. The third-order valence-electron chi connectivity index (χ3n) is 1.23. The highest BCUT2D eigenvalue weighted by molar-refractivity contribution is 8.02. The van der Waals surface area contributed by atoms with Gasteiger partial charge in [-0.25, -0.2) is 4.39 Å². The van der Waals surface area contributed by atoms with Gasteiger partial charge in [-0.1, -0.05) is 23.4 Å². The van der Waals surface area contributed by atoms with Crippen LogP contribution in [0.1, 0.15) is 0 Å². The quantitative estimate of drug-likeness (QED) is 0.437. The average molecular weight is 217 g/mol. The van der Waals surface area contributed by atoms with Crippen molar-refractivity contribution >= 4 is 29.6 Å². The predicted octanol–water partition coefficient (Wildman–Crippen LogP) is 3.44. The van der Waals surface area contributed by atoms with Crippen LogP contribution in [0.5, 0.6) is 0 Å². The van der Waals surface area contributed by atoms with E-state index in [1.54, 1.807) is 24.3 Å². The number of carbonyl (C=O) groups is 1. The summed E-state index contributed by atoms with van der Waals surface area (Å²) in [6, 6.07) is 6.91. The van der Waals surface area contributed by atoms with Crippen molar-refractivity contribution in [2.24, 2.45) is 0 Å². The van der Waals surface area contributed by atoms with E-state index >= 15 is 0 Å². The van der Waals surface area contributed by atoms with Crippen molar-refractivity contribution in [1.29, 1.82) is 0 Å². The summed E-state index contributed by atoms with van der Waals surface area (Å²) < 4.78 is 12.3. The van der Waals surface area contributed by atoms with Crippen molar-refractivity contribution in [1.82, 2.24) is 0 Å². The summed E-state index contributed by atoms with van der Waals surface area (Å²) in [6.07, 6.45) is 0.170. The van der Waals surface area contributed by atoms with Gasteiger partial charge in [0.05, 0.1) is 0 Å². The molecule has 1 aromatic rings. The van der Waals surface area contributed by atoms with E-state index in [-0.39, 0.29) is 6.29 Å². The van der Waals surface area contributed by atoms with E-state index in [1.807, 2.05) is 0 Å². The van der Waals surface area contributed by atoms with E-state index < -0.39 is 5.83 Å². The number of aldehydes is 1. The Balaban J connectivity index is 2.65. The third kappa shape index (κ3) is 3.61. The lowest BCUT2D eigenvalue weighted by Crippen LogP contribution is -1.71. The highest BCUT2D eigenvalue weighted by Gasteiger charge is 1.93. The van der Waals surface area contributed by atoms with Gasteiger partial charge in [-0.15, -0.1) is 0 Å². The molecule has 0 aliphatic carbocycles. The van der Waals surface area contributed by atoms with Crippen molar-refractivity contribution < 1.29 is 9.18 Å². The van der Waals surface area contributed by atoms with Crippen LogP contribution in [-0.4, -0.2) is 6.29 Å². The number of benzene rings is 1. The fourth-order valence-corrected chi connectivity index (χ4v) is 1.39. The lowest BCUT2D eigenvalue weighted by molar-refractivity contribution is -0.106. The molecule has 1 aromatic carbocycles. The number of rotatable bonds is 3. The zero-order valence-corrected chi connectivity index (χ0v) is 8.11. The standard InChI is InChI=1S/C9H6ClFOS/c10-7-1-3-9(4-2-7)13-6-8(11)5-12/h1-6H/b8-6-. The molecule has 0 saturated carbocycles. The van der Waals surface area contributed by atoms with Crippen molar-refractivity contribution in [3.05, 3.63) is 40.5 Å². The number of hydrogen-bond acceptors (Lipinski definition) is 2. The summed E-state index contributed by atoms with van der Waals surface area (Å²) in [7, 11) is 0. The van der Waals surface area contributed by atoms with Gasteiger partial charge in [0.1, 0.15) is 0 Å². The van der Waals surface area contributed by atoms with Gasteiger partial charge in [0.25, 0.3) is 0 Å². The first kappa shape index (κ1) is 10.3. The topological polar surface area (TPSA) is 17.1 Å². The van der Waals surface area contributed by atoms with Crippen molar-refractivity contribution in [2.45, 2.75) is 4.90 Å². The minimum absolute atomic E-state index is 0.170. The summed E-state index contributed by atoms with van der Waals surface area (Å²) in [5.41, 5.74) is 0. The molecule has 0 heterocycles. The van der Waals surface area contributed by atoms with Gasteiger partial charge in [0.15, 0.2) is 12.1 Å². The molecule has 0 atom stereocenters. The van der Waals surface area contributed by atoms with Gasteiger partial charge in [-0.3, -0.25) is 4.79 Å². The molecule has 0 saturated heterocycles. The van der Waals surface area contributed by atoms with Crippen LogP contribution in [0.2, 0.25) is 5.02 Å². The van der Waals surface area contributed by atoms with E-state index in [0.717, 1.165) is 22.1 Å². The molecule has 0 bridgehead atoms. The van der Waals surface area contributed by atoms with Crippen LogP contribution in [0.15, 0.2) is 40.4 Å². The largest absolute Gasteiger partial charge is 0.295 e. The van der Waals surface area contributed by atoms with Gasteiger partial charge in [0.2, 0.25) is 0 Å². The van der Waals surface area contributed by atoms with Gasteiger partial charge in [-0.2, -0.15) is 0 Å². The Morgan fingerprint density at radius 3 is 2.54 bits per heavy atom. The maximum absolute atomic E-state index is 12.3. The fourth-order valence-electron chi connectivity index (χ4n) is 0.665. The Morgan fingerprint density at radius 1 is 1.38 bits per heavy atom. The normalized spacial score (nSPS) is 11.4. The third-order valence-corrected chi connectivity index (χ3v) is 2.37. The van der Waals surface area contributed by atoms with E-state index in [9.17, 15) is 9.18 Å². The second kappa shape index (κ2) is 5.04. The first-order valence-corrected chi connectivity index (χ1v) is 4.71. The zero-order chi connectivity index (χ0) is 9.68. The van der Waals surface area contributed by atoms with Gasteiger partial charge in [0, 0.05) is 15.3 Å². The van der Waals surface area contributed by atoms with Gasteiger partial charge in [-0.05, 0) is 24.3 Å². The summed E-state index contributed by atoms with van der Waals surface area (Å²) in [4.78, 5) is 10.7. The molecular weight excluding hydrogens is 211 g/mol. The Bertz CT molecular complexity index is 321. The molecule has 1 nitrogen and oxygen atoms in total. The highest BCUT2D eigenvalue weighted by Crippen LogP contribution is 2.22. The van der Waals surface area contributed by atoms with Crippen LogP contribution >= 0.6 is 23.4 Å². The van der Waals surface area contributed by atoms with Crippen LogP contribution in [-0.2, 0) is 4.79 Å². The maximum Gasteiger partial charge on any atom is 0.178 e. The molecular formula is C9H6ClFOS. The number of hydrogen-bond donors (Lipinski definition) is 0. The molecule has 0 aromatic heterocycles. The van der Waals surface area contributed by atoms with Crippen LogP contribution in [0.4, 0.5) is 4.39 Å².